The first-order valence-electron chi connectivity index (χ1n) is 6.76. The van der Waals surface area contributed by atoms with Crippen LogP contribution in [0.2, 0.25) is 0 Å². The highest BCUT2D eigenvalue weighted by atomic mass is 32.2. The van der Waals surface area contributed by atoms with Crippen molar-refractivity contribution in [3.05, 3.63) is 29.3 Å². The number of carboxylic acids is 1. The van der Waals surface area contributed by atoms with Crippen LogP contribution in [0.25, 0.3) is 0 Å². The summed E-state index contributed by atoms with van der Waals surface area (Å²) in [6, 6.07) is 4.05. The average molecular weight is 313 g/mol. The Balaban J connectivity index is 2.26. The van der Waals surface area contributed by atoms with Gasteiger partial charge in [-0.05, 0) is 31.0 Å². The van der Waals surface area contributed by atoms with Crippen LogP contribution in [0.15, 0.2) is 23.1 Å². The quantitative estimate of drug-likeness (QED) is 0.852. The zero-order valence-electron chi connectivity index (χ0n) is 12.0. The summed E-state index contributed by atoms with van der Waals surface area (Å²) < 4.78 is 26.0. The molecule has 1 aromatic rings. The number of nitrogens with zero attached hydrogens (tertiary/aromatic N) is 1. The van der Waals surface area contributed by atoms with Gasteiger partial charge in [-0.1, -0.05) is 19.4 Å². The van der Waals surface area contributed by atoms with E-state index < -0.39 is 21.6 Å². The molecule has 0 spiro atoms. The minimum absolute atomic E-state index is 0.0274. The summed E-state index contributed by atoms with van der Waals surface area (Å²) >= 11 is 0. The van der Waals surface area contributed by atoms with Crippen molar-refractivity contribution in [2.24, 2.45) is 0 Å². The molecule has 1 saturated heterocycles. The first-order chi connectivity index (χ1) is 9.69. The molecule has 0 aliphatic carbocycles. The molecular formula is C14H19NO5S. The van der Waals surface area contributed by atoms with Gasteiger partial charge in [0.2, 0.25) is 10.0 Å². The maximum atomic E-state index is 12.4. The molecule has 0 saturated carbocycles. The fraction of sp³-hybridized carbons (Fsp3) is 0.500. The van der Waals surface area contributed by atoms with E-state index in [1.165, 1.54) is 22.5 Å². The van der Waals surface area contributed by atoms with Gasteiger partial charge < -0.3 is 10.2 Å². The Morgan fingerprint density at radius 3 is 2.52 bits per heavy atom. The number of carbonyl (C=O) groups is 1. The van der Waals surface area contributed by atoms with Crippen LogP contribution >= 0.6 is 0 Å². The lowest BCUT2D eigenvalue weighted by Crippen LogP contribution is -2.63. The third-order valence-electron chi connectivity index (χ3n) is 3.73. The monoisotopic (exact) mass is 313 g/mol. The number of β-amino-alcohol motifs (C(OH)–C–C–N with tert-alkyl or cyclic N) is 1. The maximum absolute atomic E-state index is 12.4. The summed E-state index contributed by atoms with van der Waals surface area (Å²) in [5, 5.41) is 19.1. The second kappa shape index (κ2) is 5.40. The van der Waals surface area contributed by atoms with Gasteiger partial charge in [0, 0.05) is 13.1 Å². The largest absolute Gasteiger partial charge is 0.478 e. The molecule has 21 heavy (non-hydrogen) atoms. The van der Waals surface area contributed by atoms with Gasteiger partial charge >= 0.3 is 5.97 Å². The van der Waals surface area contributed by atoms with Gasteiger partial charge in [-0.3, -0.25) is 0 Å². The third-order valence-corrected chi connectivity index (χ3v) is 5.52. The summed E-state index contributed by atoms with van der Waals surface area (Å²) in [7, 11) is -3.75. The highest BCUT2D eigenvalue weighted by molar-refractivity contribution is 7.89. The standard InChI is InChI=1S/C14H19NO5S/c1-3-6-14(18)8-15(9-14)21(19,20)11-5-4-10(2)12(7-11)13(16)17/h4-5,7,18H,3,6,8-9H2,1-2H3,(H,16,17). The predicted molar refractivity (Wildman–Crippen MR) is 76.8 cm³/mol. The normalized spacial score (nSPS) is 18.2. The lowest BCUT2D eigenvalue weighted by molar-refractivity contribution is -0.0653. The topological polar surface area (TPSA) is 94.9 Å². The molecule has 0 amide bonds. The predicted octanol–water partition coefficient (Wildman–Crippen LogP) is 1.23. The number of benzene rings is 1. The molecule has 1 heterocycles. The van der Waals surface area contributed by atoms with Gasteiger partial charge in [-0.15, -0.1) is 0 Å². The number of aliphatic hydroxyl groups is 1. The van der Waals surface area contributed by atoms with Gasteiger partial charge in [0.1, 0.15) is 0 Å². The van der Waals surface area contributed by atoms with Crippen molar-refractivity contribution in [2.75, 3.05) is 13.1 Å². The summed E-state index contributed by atoms with van der Waals surface area (Å²) in [6.45, 7) is 3.65. The fourth-order valence-electron chi connectivity index (χ4n) is 2.54. The second-order valence-electron chi connectivity index (χ2n) is 5.53. The van der Waals surface area contributed by atoms with Crippen LogP contribution in [0.5, 0.6) is 0 Å². The van der Waals surface area contributed by atoms with E-state index in [9.17, 15) is 18.3 Å². The second-order valence-corrected chi connectivity index (χ2v) is 7.47. The van der Waals surface area contributed by atoms with Crippen molar-refractivity contribution in [1.82, 2.24) is 4.31 Å². The number of aryl methyl sites for hydroxylation is 1. The van der Waals surface area contributed by atoms with Crippen molar-refractivity contribution >= 4 is 16.0 Å². The Morgan fingerprint density at radius 2 is 2.00 bits per heavy atom. The molecule has 0 unspecified atom stereocenters. The number of sulfonamides is 1. The number of aromatic carboxylic acids is 1. The first-order valence-corrected chi connectivity index (χ1v) is 8.20. The van der Waals surface area contributed by atoms with Gasteiger partial charge in [-0.25, -0.2) is 13.2 Å². The first kappa shape index (κ1) is 15.9. The third kappa shape index (κ3) is 2.95. The fourth-order valence-corrected chi connectivity index (χ4v) is 4.17. The highest BCUT2D eigenvalue weighted by Crippen LogP contribution is 2.31. The minimum Gasteiger partial charge on any atom is -0.478 e. The molecule has 2 N–H and O–H groups in total. The van der Waals surface area contributed by atoms with E-state index in [0.717, 1.165) is 6.42 Å². The Labute approximate surface area is 124 Å². The van der Waals surface area contributed by atoms with E-state index >= 15 is 0 Å². The maximum Gasteiger partial charge on any atom is 0.335 e. The number of carboxylic acid groups (broad SMARTS) is 1. The number of hydrogen-bond acceptors (Lipinski definition) is 4. The molecule has 1 aromatic carbocycles. The summed E-state index contributed by atoms with van der Waals surface area (Å²) in [4.78, 5) is 11.0. The molecule has 0 radical (unpaired) electrons. The van der Waals surface area contributed by atoms with Crippen molar-refractivity contribution in [3.8, 4) is 0 Å². The van der Waals surface area contributed by atoms with E-state index in [-0.39, 0.29) is 23.5 Å². The van der Waals surface area contributed by atoms with Crippen molar-refractivity contribution < 1.29 is 23.4 Å². The van der Waals surface area contributed by atoms with E-state index in [2.05, 4.69) is 0 Å². The highest BCUT2D eigenvalue weighted by Gasteiger charge is 2.46. The number of rotatable bonds is 5. The smallest absolute Gasteiger partial charge is 0.335 e. The molecule has 116 valence electrons. The van der Waals surface area contributed by atoms with E-state index in [0.29, 0.717) is 12.0 Å². The van der Waals surface area contributed by atoms with Crippen LogP contribution in [0, 0.1) is 6.92 Å². The van der Waals surface area contributed by atoms with Crippen LogP contribution in [-0.2, 0) is 10.0 Å². The molecule has 0 bridgehead atoms. The van der Waals surface area contributed by atoms with Crippen LogP contribution in [0.3, 0.4) is 0 Å². The van der Waals surface area contributed by atoms with Crippen molar-refractivity contribution in [1.29, 1.82) is 0 Å². The Morgan fingerprint density at radius 1 is 1.38 bits per heavy atom. The molecule has 2 rings (SSSR count). The Bertz CT molecular complexity index is 662. The molecule has 1 aliphatic heterocycles. The van der Waals surface area contributed by atoms with E-state index in [1.54, 1.807) is 6.92 Å². The van der Waals surface area contributed by atoms with Crippen LogP contribution in [0.1, 0.15) is 35.7 Å². The van der Waals surface area contributed by atoms with E-state index in [4.69, 9.17) is 5.11 Å². The van der Waals surface area contributed by atoms with Crippen molar-refractivity contribution in [3.63, 3.8) is 0 Å². The zero-order chi connectivity index (χ0) is 15.8. The van der Waals surface area contributed by atoms with Gasteiger partial charge in [0.25, 0.3) is 0 Å². The lowest BCUT2D eigenvalue weighted by Gasteiger charge is -2.45. The number of hydrogen-bond donors (Lipinski definition) is 2. The van der Waals surface area contributed by atoms with Gasteiger partial charge in [-0.2, -0.15) is 4.31 Å². The lowest BCUT2D eigenvalue weighted by atomic mass is 9.92. The molecule has 6 nitrogen and oxygen atoms in total. The molecule has 1 fully saturated rings. The summed E-state index contributed by atoms with van der Waals surface area (Å²) in [5.41, 5.74) is -0.477. The van der Waals surface area contributed by atoms with Crippen molar-refractivity contribution in [2.45, 2.75) is 37.2 Å². The average Bonchev–Trinajstić information content (AvgIpc) is 2.36. The SMILES string of the molecule is CCCC1(O)CN(S(=O)(=O)c2ccc(C)c(C(=O)O)c2)C1. The van der Waals surface area contributed by atoms with Crippen LogP contribution in [0.4, 0.5) is 0 Å². The van der Waals surface area contributed by atoms with Crippen LogP contribution < -0.4 is 0 Å². The molecule has 7 heteroatoms. The summed E-state index contributed by atoms with van der Waals surface area (Å²) in [6.07, 6.45) is 1.32. The molecule has 0 aromatic heterocycles. The Hall–Kier alpha value is -1.44. The van der Waals surface area contributed by atoms with Gasteiger partial charge in [0.05, 0.1) is 16.1 Å². The molecule has 0 atom stereocenters. The van der Waals surface area contributed by atoms with Crippen LogP contribution in [-0.4, -0.2) is 47.6 Å². The minimum atomic E-state index is -3.75. The summed E-state index contributed by atoms with van der Waals surface area (Å²) in [5.74, 6) is -1.16. The van der Waals surface area contributed by atoms with E-state index in [1.807, 2.05) is 6.92 Å². The molecule has 1 aliphatic rings. The van der Waals surface area contributed by atoms with Gasteiger partial charge in [0.15, 0.2) is 0 Å². The molecular weight excluding hydrogens is 294 g/mol. The Kier molecular flexibility index (Phi) is 4.10. The zero-order valence-corrected chi connectivity index (χ0v) is 12.9.